The van der Waals surface area contributed by atoms with Gasteiger partial charge in [0, 0.05) is 37.1 Å². The first-order valence-corrected chi connectivity index (χ1v) is 6.03. The van der Waals surface area contributed by atoms with Crippen molar-refractivity contribution in [1.29, 1.82) is 0 Å². The van der Waals surface area contributed by atoms with Gasteiger partial charge in [0.15, 0.2) is 0 Å². The lowest BCUT2D eigenvalue weighted by Crippen LogP contribution is -2.18. The average Bonchev–Trinajstić information content (AvgIpc) is 2.46. The van der Waals surface area contributed by atoms with E-state index in [0.717, 1.165) is 11.1 Å². The third kappa shape index (κ3) is 3.59. The topological polar surface area (TPSA) is 68.1 Å². The molecule has 1 atom stereocenters. The maximum atomic E-state index is 10.7. The molecule has 0 radical (unpaired) electrons. The third-order valence-electron chi connectivity index (χ3n) is 2.92. The molecule has 98 valence electrons. The molecular weight excluding hydrogens is 242 g/mol. The summed E-state index contributed by atoms with van der Waals surface area (Å²) in [5.41, 5.74) is 2.10. The van der Waals surface area contributed by atoms with Gasteiger partial charge in [0.2, 0.25) is 0 Å². The van der Waals surface area contributed by atoms with Crippen molar-refractivity contribution in [2.24, 2.45) is 0 Å². The molecule has 2 aromatic rings. The van der Waals surface area contributed by atoms with Gasteiger partial charge in [-0.05, 0) is 24.1 Å². The van der Waals surface area contributed by atoms with Gasteiger partial charge in [0.05, 0.1) is 4.92 Å². The Bertz CT molecular complexity index is 558. The summed E-state index contributed by atoms with van der Waals surface area (Å²) in [6, 6.07) is 10.7. The van der Waals surface area contributed by atoms with Gasteiger partial charge in [-0.1, -0.05) is 18.2 Å². The summed E-state index contributed by atoms with van der Waals surface area (Å²) in [5, 5.41) is 14.0. The minimum atomic E-state index is -0.381. The molecule has 0 fully saturated rings. The van der Waals surface area contributed by atoms with Crippen LogP contribution in [0.5, 0.6) is 0 Å². The summed E-state index contributed by atoms with van der Waals surface area (Å²) in [7, 11) is 0. The summed E-state index contributed by atoms with van der Waals surface area (Å²) in [6.45, 7) is 2.62. The van der Waals surface area contributed by atoms with E-state index >= 15 is 0 Å². The number of benzene rings is 1. The van der Waals surface area contributed by atoms with Crippen LogP contribution >= 0.6 is 0 Å². The predicted molar refractivity (Wildman–Crippen MR) is 72.6 cm³/mol. The summed E-state index contributed by atoms with van der Waals surface area (Å²) < 4.78 is 0. The van der Waals surface area contributed by atoms with Crippen molar-refractivity contribution in [2.75, 3.05) is 0 Å². The molecule has 0 aliphatic carbocycles. The van der Waals surface area contributed by atoms with Gasteiger partial charge in [-0.3, -0.25) is 15.1 Å². The minimum absolute atomic E-state index is 0.119. The van der Waals surface area contributed by atoms with E-state index in [1.54, 1.807) is 18.3 Å². The van der Waals surface area contributed by atoms with Crippen molar-refractivity contribution in [1.82, 2.24) is 10.3 Å². The molecule has 0 aliphatic rings. The first-order chi connectivity index (χ1) is 9.16. The monoisotopic (exact) mass is 257 g/mol. The lowest BCUT2D eigenvalue weighted by molar-refractivity contribution is -0.384. The van der Waals surface area contributed by atoms with Crippen LogP contribution in [-0.4, -0.2) is 9.91 Å². The number of rotatable bonds is 5. The fourth-order valence-electron chi connectivity index (χ4n) is 1.80. The lowest BCUT2D eigenvalue weighted by atomic mass is 10.1. The lowest BCUT2D eigenvalue weighted by Gasteiger charge is -2.13. The van der Waals surface area contributed by atoms with Crippen LogP contribution in [0.1, 0.15) is 24.1 Å². The number of hydrogen-bond acceptors (Lipinski definition) is 4. The Morgan fingerprint density at radius 3 is 2.89 bits per heavy atom. The molecule has 1 N–H and O–H groups in total. The van der Waals surface area contributed by atoms with Gasteiger partial charge in [-0.15, -0.1) is 0 Å². The van der Waals surface area contributed by atoms with Crippen LogP contribution in [0.3, 0.4) is 0 Å². The van der Waals surface area contributed by atoms with E-state index in [-0.39, 0.29) is 16.7 Å². The molecule has 0 saturated heterocycles. The highest BCUT2D eigenvalue weighted by Crippen LogP contribution is 2.15. The fourth-order valence-corrected chi connectivity index (χ4v) is 1.80. The van der Waals surface area contributed by atoms with E-state index in [0.29, 0.717) is 6.54 Å². The molecule has 5 nitrogen and oxygen atoms in total. The largest absolute Gasteiger partial charge is 0.306 e. The number of nitrogens with zero attached hydrogens (tertiary/aromatic N) is 2. The normalized spacial score (nSPS) is 12.1. The maximum Gasteiger partial charge on any atom is 0.269 e. The highest BCUT2D eigenvalue weighted by Gasteiger charge is 2.07. The molecule has 1 unspecified atom stereocenters. The van der Waals surface area contributed by atoms with E-state index in [2.05, 4.69) is 10.3 Å². The highest BCUT2D eigenvalue weighted by molar-refractivity contribution is 5.34. The second-order valence-corrected chi connectivity index (χ2v) is 4.32. The van der Waals surface area contributed by atoms with E-state index < -0.39 is 0 Å². The Morgan fingerprint density at radius 1 is 1.37 bits per heavy atom. The fraction of sp³-hybridized carbons (Fsp3) is 0.214. The van der Waals surface area contributed by atoms with Crippen LogP contribution in [0.25, 0.3) is 0 Å². The third-order valence-corrected chi connectivity index (χ3v) is 2.92. The molecule has 0 saturated carbocycles. The van der Waals surface area contributed by atoms with Crippen molar-refractivity contribution in [3.63, 3.8) is 0 Å². The summed E-state index contributed by atoms with van der Waals surface area (Å²) in [5.74, 6) is 0. The first kappa shape index (κ1) is 13.2. The second-order valence-electron chi connectivity index (χ2n) is 4.32. The van der Waals surface area contributed by atoms with Gasteiger partial charge in [-0.2, -0.15) is 0 Å². The van der Waals surface area contributed by atoms with Gasteiger partial charge >= 0.3 is 0 Å². The Hall–Kier alpha value is -2.27. The van der Waals surface area contributed by atoms with Gasteiger partial charge in [0.1, 0.15) is 0 Å². The molecule has 1 heterocycles. The van der Waals surface area contributed by atoms with E-state index in [9.17, 15) is 10.1 Å². The van der Waals surface area contributed by atoms with Crippen LogP contribution in [0.2, 0.25) is 0 Å². The Labute approximate surface area is 111 Å². The number of nitro groups is 1. The van der Waals surface area contributed by atoms with E-state index in [4.69, 9.17) is 0 Å². The number of non-ortho nitro benzene ring substituents is 1. The zero-order valence-electron chi connectivity index (χ0n) is 10.6. The van der Waals surface area contributed by atoms with Crippen molar-refractivity contribution < 1.29 is 4.92 Å². The smallest absolute Gasteiger partial charge is 0.269 e. The number of nitro benzene ring substituents is 1. The molecule has 0 amide bonds. The van der Waals surface area contributed by atoms with Crippen molar-refractivity contribution in [3.8, 4) is 0 Å². The quantitative estimate of drug-likeness (QED) is 0.660. The standard InChI is InChI=1S/C14H15N3O2/c1-11(13-5-3-7-15-10-13)16-9-12-4-2-6-14(8-12)17(18)19/h2-8,10-11,16H,9H2,1H3. The molecule has 2 rings (SSSR count). The molecule has 19 heavy (non-hydrogen) atoms. The van der Waals surface area contributed by atoms with Crippen molar-refractivity contribution in [3.05, 3.63) is 70.0 Å². The molecule has 0 bridgehead atoms. The highest BCUT2D eigenvalue weighted by atomic mass is 16.6. The molecule has 1 aromatic heterocycles. The van der Waals surface area contributed by atoms with Gasteiger partial charge in [-0.25, -0.2) is 0 Å². The zero-order chi connectivity index (χ0) is 13.7. The summed E-state index contributed by atoms with van der Waals surface area (Å²) >= 11 is 0. The number of hydrogen-bond donors (Lipinski definition) is 1. The molecule has 5 heteroatoms. The van der Waals surface area contributed by atoms with Crippen LogP contribution in [-0.2, 0) is 6.54 Å². The molecule has 1 aromatic carbocycles. The predicted octanol–water partition coefficient (Wildman–Crippen LogP) is 2.84. The number of aromatic nitrogens is 1. The van der Waals surface area contributed by atoms with Crippen LogP contribution in [0.4, 0.5) is 5.69 Å². The van der Waals surface area contributed by atoms with Gasteiger partial charge in [0.25, 0.3) is 5.69 Å². The Balaban J connectivity index is 1.99. The second kappa shape index (κ2) is 6.06. The maximum absolute atomic E-state index is 10.7. The van der Waals surface area contributed by atoms with Crippen molar-refractivity contribution in [2.45, 2.75) is 19.5 Å². The zero-order valence-corrected chi connectivity index (χ0v) is 10.6. The van der Waals surface area contributed by atoms with Crippen LogP contribution in [0.15, 0.2) is 48.8 Å². The SMILES string of the molecule is CC(NCc1cccc([N+](=O)[O-])c1)c1cccnc1. The number of pyridine rings is 1. The van der Waals surface area contributed by atoms with E-state index in [1.807, 2.05) is 31.3 Å². The summed E-state index contributed by atoms with van der Waals surface area (Å²) in [6.07, 6.45) is 3.54. The Kier molecular flexibility index (Phi) is 4.20. The minimum Gasteiger partial charge on any atom is -0.306 e. The van der Waals surface area contributed by atoms with Crippen LogP contribution in [0, 0.1) is 10.1 Å². The summed E-state index contributed by atoms with van der Waals surface area (Å²) in [4.78, 5) is 14.4. The van der Waals surface area contributed by atoms with Crippen molar-refractivity contribution >= 4 is 5.69 Å². The number of nitrogens with one attached hydrogen (secondary N) is 1. The van der Waals surface area contributed by atoms with Gasteiger partial charge < -0.3 is 5.32 Å². The molecular formula is C14H15N3O2. The van der Waals surface area contributed by atoms with Crippen LogP contribution < -0.4 is 5.32 Å². The Morgan fingerprint density at radius 2 is 2.21 bits per heavy atom. The first-order valence-electron chi connectivity index (χ1n) is 6.03. The van der Waals surface area contributed by atoms with E-state index in [1.165, 1.54) is 6.07 Å². The average molecular weight is 257 g/mol. The molecule has 0 aliphatic heterocycles. The molecule has 0 spiro atoms.